The minimum atomic E-state index is 0.843. The van der Waals surface area contributed by atoms with Gasteiger partial charge in [-0.2, -0.15) is 0 Å². The molecule has 1 aromatic rings. The molecule has 11 heavy (non-hydrogen) atoms. The Bertz CT molecular complexity index is 287. The first-order valence-electron chi connectivity index (χ1n) is 3.49. The molecule has 0 aromatic heterocycles. The molecule has 0 unspecified atom stereocenters. The van der Waals surface area contributed by atoms with Gasteiger partial charge in [0.2, 0.25) is 0 Å². The number of benzene rings is 1. The molecule has 3 heteroatoms. The van der Waals surface area contributed by atoms with Crippen LogP contribution < -0.4 is 3.11 Å². The fourth-order valence-corrected chi connectivity index (χ4v) is 2.24. The molecule has 0 atom stereocenters. The average molecular weight is 280 g/mol. The lowest BCUT2D eigenvalue weighted by molar-refractivity contribution is 1.07. The van der Waals surface area contributed by atoms with E-state index < -0.39 is 0 Å². The smallest absolute Gasteiger partial charge is 0.0591 e. The number of nitrogens with zero attached hydrogens (tertiary/aromatic N) is 1. The first kappa shape index (κ1) is 7.68. The molecule has 0 aliphatic carbocycles. The summed E-state index contributed by atoms with van der Waals surface area (Å²) in [5.41, 5.74) is 2.68. The summed E-state index contributed by atoms with van der Waals surface area (Å²) in [6, 6.07) is 6.07. The summed E-state index contributed by atoms with van der Waals surface area (Å²) in [4.78, 5) is 0. The van der Waals surface area contributed by atoms with Gasteiger partial charge in [-0.1, -0.05) is 11.6 Å². The van der Waals surface area contributed by atoms with Gasteiger partial charge < -0.3 is 3.11 Å². The van der Waals surface area contributed by atoms with Crippen LogP contribution in [-0.2, 0) is 6.42 Å². The Morgan fingerprint density at radius 3 is 3.09 bits per heavy atom. The molecule has 2 rings (SSSR count). The molecular weight excluding hydrogens is 272 g/mol. The quantitative estimate of drug-likeness (QED) is 0.521. The van der Waals surface area contributed by atoms with E-state index in [1.807, 2.05) is 6.07 Å². The zero-order valence-corrected chi connectivity index (χ0v) is 8.76. The fourth-order valence-electron chi connectivity index (χ4n) is 1.33. The lowest BCUT2D eigenvalue weighted by atomic mass is 10.2. The van der Waals surface area contributed by atoms with E-state index >= 15 is 0 Å². The Balaban J connectivity index is 2.50. The Hall–Kier alpha value is 0.0400. The van der Waals surface area contributed by atoms with E-state index in [1.54, 1.807) is 0 Å². The molecule has 0 radical (unpaired) electrons. The second-order valence-corrected chi connectivity index (χ2v) is 4.21. The first-order valence-corrected chi connectivity index (χ1v) is 4.83. The monoisotopic (exact) mass is 279 g/mol. The molecule has 0 saturated heterocycles. The van der Waals surface area contributed by atoms with Gasteiger partial charge in [-0.3, -0.25) is 0 Å². The molecule has 1 nitrogen and oxygen atoms in total. The van der Waals surface area contributed by atoms with E-state index in [0.29, 0.717) is 0 Å². The topological polar surface area (TPSA) is 3.24 Å². The second kappa shape index (κ2) is 2.83. The molecule has 0 N–H and O–H groups in total. The number of hydrogen-bond acceptors (Lipinski definition) is 1. The van der Waals surface area contributed by atoms with Gasteiger partial charge in [0.25, 0.3) is 0 Å². The third-order valence-corrected chi connectivity index (χ3v) is 3.12. The summed E-state index contributed by atoms with van der Waals surface area (Å²) in [7, 11) is 0. The van der Waals surface area contributed by atoms with Gasteiger partial charge in [-0.05, 0) is 30.2 Å². The molecule has 0 saturated carbocycles. The van der Waals surface area contributed by atoms with Crippen molar-refractivity contribution in [1.82, 2.24) is 0 Å². The molecule has 58 valence electrons. The van der Waals surface area contributed by atoms with Crippen molar-refractivity contribution in [1.29, 1.82) is 0 Å². The van der Waals surface area contributed by atoms with Crippen LogP contribution in [0, 0.1) is 0 Å². The fraction of sp³-hybridized carbons (Fsp3) is 0.250. The number of halogens is 2. The van der Waals surface area contributed by atoms with Crippen LogP contribution in [0.2, 0.25) is 5.02 Å². The normalized spacial score (nSPS) is 15.3. The molecular formula is C8H7ClIN. The number of fused-ring (bicyclic) bond motifs is 1. The molecule has 0 amide bonds. The maximum absolute atomic E-state index is 5.85. The molecule has 1 aliphatic heterocycles. The number of anilines is 1. The highest BCUT2D eigenvalue weighted by Crippen LogP contribution is 2.32. The van der Waals surface area contributed by atoms with E-state index in [2.05, 4.69) is 38.1 Å². The Morgan fingerprint density at radius 1 is 1.45 bits per heavy atom. The Kier molecular flexibility index (Phi) is 1.97. The zero-order chi connectivity index (χ0) is 7.84. The van der Waals surface area contributed by atoms with Crippen molar-refractivity contribution in [3.05, 3.63) is 28.8 Å². The second-order valence-electron chi connectivity index (χ2n) is 2.61. The van der Waals surface area contributed by atoms with Crippen LogP contribution in [0.25, 0.3) is 0 Å². The van der Waals surface area contributed by atoms with E-state index in [4.69, 9.17) is 11.6 Å². The van der Waals surface area contributed by atoms with Crippen molar-refractivity contribution in [2.75, 3.05) is 9.66 Å². The minimum Gasteiger partial charge on any atom is -0.314 e. The van der Waals surface area contributed by atoms with Gasteiger partial charge in [0.15, 0.2) is 0 Å². The van der Waals surface area contributed by atoms with Gasteiger partial charge in [-0.25, -0.2) is 0 Å². The van der Waals surface area contributed by atoms with Crippen molar-refractivity contribution in [3.63, 3.8) is 0 Å². The lowest BCUT2D eigenvalue weighted by Crippen LogP contribution is -2.02. The predicted molar refractivity (Wildman–Crippen MR) is 56.5 cm³/mol. The first-order chi connectivity index (χ1) is 5.27. The number of rotatable bonds is 0. The Labute approximate surface area is 84.8 Å². The molecule has 1 aromatic carbocycles. The zero-order valence-electron chi connectivity index (χ0n) is 5.85. The van der Waals surface area contributed by atoms with E-state index in [-0.39, 0.29) is 0 Å². The van der Waals surface area contributed by atoms with Crippen LogP contribution >= 0.6 is 34.5 Å². The van der Waals surface area contributed by atoms with Crippen molar-refractivity contribution < 1.29 is 0 Å². The van der Waals surface area contributed by atoms with Crippen molar-refractivity contribution in [3.8, 4) is 0 Å². The highest BCUT2D eigenvalue weighted by molar-refractivity contribution is 14.1. The molecule has 0 fully saturated rings. The summed E-state index contributed by atoms with van der Waals surface area (Å²) in [5, 5.41) is 0.843. The third kappa shape index (κ3) is 1.34. The van der Waals surface area contributed by atoms with Crippen molar-refractivity contribution in [2.24, 2.45) is 0 Å². The highest BCUT2D eigenvalue weighted by atomic mass is 127. The largest absolute Gasteiger partial charge is 0.314 e. The van der Waals surface area contributed by atoms with E-state index in [1.165, 1.54) is 11.3 Å². The maximum Gasteiger partial charge on any atom is 0.0591 e. The van der Waals surface area contributed by atoms with Crippen LogP contribution in [0.1, 0.15) is 5.56 Å². The van der Waals surface area contributed by atoms with Gasteiger partial charge in [0, 0.05) is 17.3 Å². The van der Waals surface area contributed by atoms with Crippen LogP contribution in [0.5, 0.6) is 0 Å². The van der Waals surface area contributed by atoms with Gasteiger partial charge >= 0.3 is 0 Å². The summed E-state index contributed by atoms with van der Waals surface area (Å²) < 4.78 is 2.23. The summed E-state index contributed by atoms with van der Waals surface area (Å²) in [5.74, 6) is 0. The lowest BCUT2D eigenvalue weighted by Gasteiger charge is -2.07. The van der Waals surface area contributed by atoms with Crippen LogP contribution in [-0.4, -0.2) is 6.54 Å². The highest BCUT2D eigenvalue weighted by Gasteiger charge is 2.15. The standard InChI is InChI=1S/C8H7ClIN/c9-7-1-2-8-6(5-7)3-4-11(8)10/h1-2,5H,3-4H2. The third-order valence-electron chi connectivity index (χ3n) is 1.88. The molecule has 0 spiro atoms. The van der Waals surface area contributed by atoms with E-state index in [9.17, 15) is 0 Å². The summed E-state index contributed by atoms with van der Waals surface area (Å²) in [6.07, 6.45) is 1.12. The van der Waals surface area contributed by atoms with Gasteiger partial charge in [-0.15, -0.1) is 0 Å². The van der Waals surface area contributed by atoms with Gasteiger partial charge in [0.1, 0.15) is 0 Å². The summed E-state index contributed by atoms with van der Waals surface area (Å²) >= 11 is 8.18. The van der Waals surface area contributed by atoms with Gasteiger partial charge in [0.05, 0.1) is 22.9 Å². The summed E-state index contributed by atoms with van der Waals surface area (Å²) in [6.45, 7) is 1.11. The number of hydrogen-bond donors (Lipinski definition) is 0. The average Bonchev–Trinajstić information content (AvgIpc) is 2.32. The molecule has 1 aliphatic rings. The molecule has 1 heterocycles. The molecule has 0 bridgehead atoms. The minimum absolute atomic E-state index is 0.843. The Morgan fingerprint density at radius 2 is 2.27 bits per heavy atom. The van der Waals surface area contributed by atoms with Crippen LogP contribution in [0.4, 0.5) is 5.69 Å². The predicted octanol–water partition coefficient (Wildman–Crippen LogP) is 3.05. The van der Waals surface area contributed by atoms with Crippen molar-refractivity contribution >= 4 is 40.2 Å². The van der Waals surface area contributed by atoms with Crippen molar-refractivity contribution in [2.45, 2.75) is 6.42 Å². The maximum atomic E-state index is 5.85. The van der Waals surface area contributed by atoms with E-state index in [0.717, 1.165) is 18.0 Å². The SMILES string of the molecule is Clc1ccc2c(c1)CCN2I. The van der Waals surface area contributed by atoms with Crippen LogP contribution in [0.3, 0.4) is 0 Å². The van der Waals surface area contributed by atoms with Crippen LogP contribution in [0.15, 0.2) is 18.2 Å².